The fourth-order valence-corrected chi connectivity index (χ4v) is 3.87. The molecule has 0 radical (unpaired) electrons. The van der Waals surface area contributed by atoms with E-state index in [9.17, 15) is 5.11 Å². The minimum absolute atomic E-state index is 0.119. The molecule has 3 aromatic carbocycles. The lowest BCUT2D eigenvalue weighted by Gasteiger charge is -2.36. The summed E-state index contributed by atoms with van der Waals surface area (Å²) in [6.45, 7) is 6.85. The summed E-state index contributed by atoms with van der Waals surface area (Å²) < 4.78 is 0. The summed E-state index contributed by atoms with van der Waals surface area (Å²) in [5, 5.41) is 15.0. The summed E-state index contributed by atoms with van der Waals surface area (Å²) >= 11 is 0. The Morgan fingerprint density at radius 3 is 1.61 bits per heavy atom. The van der Waals surface area contributed by atoms with Crippen molar-refractivity contribution < 1.29 is 5.11 Å². The SMILES string of the molecule is CC(C)CNC([C@H](O)CCc1ccccc1)N(Cc1ccccc1)Cc1ccccc1. The Hall–Kier alpha value is -2.46. The zero-order valence-corrected chi connectivity index (χ0v) is 18.8. The van der Waals surface area contributed by atoms with Gasteiger partial charge >= 0.3 is 0 Å². The van der Waals surface area contributed by atoms with E-state index in [0.29, 0.717) is 5.92 Å². The Kier molecular flexibility index (Phi) is 9.29. The van der Waals surface area contributed by atoms with Crippen LogP contribution in [0.25, 0.3) is 0 Å². The molecule has 2 N–H and O–H groups in total. The lowest BCUT2D eigenvalue weighted by Crippen LogP contribution is -2.53. The first-order chi connectivity index (χ1) is 15.1. The van der Waals surface area contributed by atoms with E-state index in [-0.39, 0.29) is 6.17 Å². The minimum atomic E-state index is -0.466. The van der Waals surface area contributed by atoms with Gasteiger partial charge in [0.15, 0.2) is 0 Å². The van der Waals surface area contributed by atoms with E-state index >= 15 is 0 Å². The quantitative estimate of drug-likeness (QED) is 0.396. The largest absolute Gasteiger partial charge is 0.390 e. The van der Waals surface area contributed by atoms with Gasteiger partial charge in [-0.25, -0.2) is 0 Å². The van der Waals surface area contributed by atoms with E-state index in [1.165, 1.54) is 16.7 Å². The van der Waals surface area contributed by atoms with Gasteiger partial charge in [0.1, 0.15) is 0 Å². The van der Waals surface area contributed by atoms with Crippen LogP contribution in [0.1, 0.15) is 37.0 Å². The van der Waals surface area contributed by atoms with Gasteiger partial charge in [0.05, 0.1) is 12.3 Å². The molecule has 0 aliphatic heterocycles. The third-order valence-corrected chi connectivity index (χ3v) is 5.52. The molecule has 3 rings (SSSR count). The molecule has 0 fully saturated rings. The highest BCUT2D eigenvalue weighted by Gasteiger charge is 2.26. The fraction of sp³-hybridized carbons (Fsp3) is 0.357. The summed E-state index contributed by atoms with van der Waals surface area (Å²) in [6, 6.07) is 31.5. The van der Waals surface area contributed by atoms with Crippen LogP contribution in [-0.4, -0.2) is 28.8 Å². The maximum Gasteiger partial charge on any atom is 0.0870 e. The van der Waals surface area contributed by atoms with Crippen molar-refractivity contribution in [3.8, 4) is 0 Å². The first-order valence-electron chi connectivity index (χ1n) is 11.4. The van der Waals surface area contributed by atoms with Crippen molar-refractivity contribution >= 4 is 0 Å². The zero-order valence-electron chi connectivity index (χ0n) is 18.8. The summed E-state index contributed by atoms with van der Waals surface area (Å²) in [4.78, 5) is 2.38. The second kappa shape index (κ2) is 12.4. The number of nitrogens with zero attached hydrogens (tertiary/aromatic N) is 1. The predicted molar refractivity (Wildman–Crippen MR) is 130 cm³/mol. The van der Waals surface area contributed by atoms with Crippen LogP contribution < -0.4 is 5.32 Å². The molecule has 31 heavy (non-hydrogen) atoms. The standard InChI is InChI=1S/C28H36N2O/c1-23(2)20-29-28(27(31)19-18-24-12-6-3-7-13-24)30(21-25-14-8-4-9-15-25)22-26-16-10-5-11-17-26/h3-17,23,27-29,31H,18-22H2,1-2H3/t27-,28?/m1/s1. The van der Waals surface area contributed by atoms with Crippen molar-refractivity contribution in [2.24, 2.45) is 5.92 Å². The van der Waals surface area contributed by atoms with Crippen molar-refractivity contribution in [1.29, 1.82) is 0 Å². The van der Waals surface area contributed by atoms with Gasteiger partial charge in [-0.3, -0.25) is 10.2 Å². The van der Waals surface area contributed by atoms with Crippen LogP contribution in [0.15, 0.2) is 91.0 Å². The Morgan fingerprint density at radius 2 is 1.16 bits per heavy atom. The number of rotatable bonds is 12. The van der Waals surface area contributed by atoms with Crippen LogP contribution in [0, 0.1) is 5.92 Å². The molecule has 164 valence electrons. The van der Waals surface area contributed by atoms with Crippen LogP contribution in [0.5, 0.6) is 0 Å². The number of aliphatic hydroxyl groups excluding tert-OH is 1. The maximum atomic E-state index is 11.3. The topological polar surface area (TPSA) is 35.5 Å². The number of aryl methyl sites for hydroxylation is 1. The third kappa shape index (κ3) is 7.95. The summed E-state index contributed by atoms with van der Waals surface area (Å²) in [7, 11) is 0. The highest BCUT2D eigenvalue weighted by molar-refractivity contribution is 5.18. The van der Waals surface area contributed by atoms with E-state index < -0.39 is 6.10 Å². The van der Waals surface area contributed by atoms with Gasteiger partial charge in [-0.05, 0) is 42.0 Å². The van der Waals surface area contributed by atoms with Crippen LogP contribution in [0.2, 0.25) is 0 Å². The lowest BCUT2D eigenvalue weighted by molar-refractivity contribution is 0.0141. The second-order valence-electron chi connectivity index (χ2n) is 8.71. The zero-order chi connectivity index (χ0) is 21.9. The Morgan fingerprint density at radius 1 is 0.710 bits per heavy atom. The van der Waals surface area contributed by atoms with Crippen molar-refractivity contribution in [3.05, 3.63) is 108 Å². The van der Waals surface area contributed by atoms with E-state index in [4.69, 9.17) is 0 Å². The molecule has 3 nitrogen and oxygen atoms in total. The number of aliphatic hydroxyl groups is 1. The Labute approximate surface area is 187 Å². The van der Waals surface area contributed by atoms with E-state index in [1.54, 1.807) is 0 Å². The van der Waals surface area contributed by atoms with Crippen LogP contribution in [0.4, 0.5) is 0 Å². The molecule has 1 unspecified atom stereocenters. The average molecular weight is 417 g/mol. The molecule has 0 aliphatic carbocycles. The number of benzene rings is 3. The molecule has 0 aliphatic rings. The van der Waals surface area contributed by atoms with Crippen molar-refractivity contribution in [1.82, 2.24) is 10.2 Å². The van der Waals surface area contributed by atoms with Gasteiger partial charge in [-0.1, -0.05) is 105 Å². The highest BCUT2D eigenvalue weighted by Crippen LogP contribution is 2.18. The smallest absolute Gasteiger partial charge is 0.0870 e. The van der Waals surface area contributed by atoms with Gasteiger partial charge in [0.25, 0.3) is 0 Å². The van der Waals surface area contributed by atoms with Crippen LogP contribution in [0.3, 0.4) is 0 Å². The molecular formula is C28H36N2O. The van der Waals surface area contributed by atoms with Gasteiger partial charge in [0, 0.05) is 13.1 Å². The van der Waals surface area contributed by atoms with E-state index in [2.05, 4.69) is 96.9 Å². The van der Waals surface area contributed by atoms with Gasteiger partial charge in [-0.15, -0.1) is 0 Å². The third-order valence-electron chi connectivity index (χ3n) is 5.52. The van der Waals surface area contributed by atoms with Crippen molar-refractivity contribution in [3.63, 3.8) is 0 Å². The molecule has 0 heterocycles. The lowest BCUT2D eigenvalue weighted by atomic mass is 10.0. The average Bonchev–Trinajstić information content (AvgIpc) is 2.79. The number of hydrogen-bond acceptors (Lipinski definition) is 3. The van der Waals surface area contributed by atoms with Crippen LogP contribution in [-0.2, 0) is 19.5 Å². The fourth-order valence-electron chi connectivity index (χ4n) is 3.87. The van der Waals surface area contributed by atoms with Crippen molar-refractivity contribution in [2.45, 2.75) is 52.0 Å². The van der Waals surface area contributed by atoms with E-state index in [0.717, 1.165) is 32.5 Å². The normalized spacial score (nSPS) is 13.5. The Bertz CT molecular complexity index is 810. The van der Waals surface area contributed by atoms with Crippen molar-refractivity contribution in [2.75, 3.05) is 6.54 Å². The molecule has 2 atom stereocenters. The first kappa shape index (κ1) is 23.2. The molecule has 0 saturated carbocycles. The second-order valence-corrected chi connectivity index (χ2v) is 8.71. The predicted octanol–water partition coefficient (Wildman–Crippen LogP) is 5.25. The van der Waals surface area contributed by atoms with Gasteiger partial charge < -0.3 is 5.11 Å². The molecule has 0 saturated heterocycles. The molecule has 3 heteroatoms. The first-order valence-corrected chi connectivity index (χ1v) is 11.4. The summed E-state index contributed by atoms with van der Waals surface area (Å²) in [5.74, 6) is 0.513. The molecule has 0 bridgehead atoms. The summed E-state index contributed by atoms with van der Waals surface area (Å²) in [6.07, 6.45) is 1.00. The summed E-state index contributed by atoms with van der Waals surface area (Å²) in [5.41, 5.74) is 3.77. The maximum absolute atomic E-state index is 11.3. The number of nitrogens with one attached hydrogen (secondary N) is 1. The molecular weight excluding hydrogens is 380 g/mol. The molecule has 3 aromatic rings. The molecule has 0 amide bonds. The molecule has 0 aromatic heterocycles. The van der Waals surface area contributed by atoms with E-state index in [1.807, 2.05) is 18.2 Å². The minimum Gasteiger partial charge on any atom is -0.390 e. The Balaban J connectivity index is 1.79. The number of hydrogen-bond donors (Lipinski definition) is 2. The molecule has 0 spiro atoms. The van der Waals surface area contributed by atoms with Gasteiger partial charge in [0.2, 0.25) is 0 Å². The van der Waals surface area contributed by atoms with Gasteiger partial charge in [-0.2, -0.15) is 0 Å². The monoisotopic (exact) mass is 416 g/mol. The highest BCUT2D eigenvalue weighted by atomic mass is 16.3. The van der Waals surface area contributed by atoms with Crippen LogP contribution >= 0.6 is 0 Å².